The molecular weight excluding hydrogens is 866 g/mol. The van der Waals surface area contributed by atoms with Crippen LogP contribution in [-0.2, 0) is 20.6 Å². The lowest BCUT2D eigenvalue weighted by atomic mass is 9.71. The van der Waals surface area contributed by atoms with Gasteiger partial charge in [-0.25, -0.2) is 18.2 Å². The van der Waals surface area contributed by atoms with E-state index < -0.39 is 42.3 Å². The first kappa shape index (κ1) is 43.8. The fourth-order valence-electron chi connectivity index (χ4n) is 9.96. The van der Waals surface area contributed by atoms with Crippen LogP contribution in [0.3, 0.4) is 0 Å². The number of carbonyl (C=O) groups is 2. The second kappa shape index (κ2) is 16.8. The number of benzene rings is 3. The number of likely N-dealkylation sites (tertiary alicyclic amines) is 1. The Morgan fingerprint density at radius 3 is 2.30 bits per heavy atom. The van der Waals surface area contributed by atoms with Crippen molar-refractivity contribution in [3.63, 3.8) is 0 Å². The van der Waals surface area contributed by atoms with Crippen LogP contribution in [0.25, 0.3) is 10.9 Å². The van der Waals surface area contributed by atoms with Crippen molar-refractivity contribution in [2.24, 2.45) is 5.41 Å². The van der Waals surface area contributed by atoms with Crippen LogP contribution in [0.15, 0.2) is 48.7 Å². The minimum absolute atomic E-state index is 0.0512. The van der Waals surface area contributed by atoms with Gasteiger partial charge in [-0.2, -0.15) is 4.98 Å². The number of hydrogen-bond acceptors (Lipinski definition) is 12. The molecule has 4 saturated heterocycles. The van der Waals surface area contributed by atoms with E-state index in [2.05, 4.69) is 59.8 Å². The lowest BCUT2D eigenvalue weighted by Gasteiger charge is -2.63. The molecule has 18 heteroatoms. The molecule has 4 aliphatic rings. The van der Waals surface area contributed by atoms with Crippen LogP contribution in [0.2, 0.25) is 5.02 Å². The minimum Gasteiger partial charge on any atom is -0.494 e. The van der Waals surface area contributed by atoms with Crippen molar-refractivity contribution in [1.82, 2.24) is 25.2 Å². The SMILES string of the molecule is CCc1cc(Nc2ncc(Cl)c(Nc3ccc4nc(C)c(F)cc4c3P(C)(C)=O)n2)c(OC)cc1N1CC2(C1)CN(C1CCN(c3cc(F)c([C@H]4CCC(=O)NC4=O)c(F)c3)CC1)C2. The molecule has 2 aromatic heterocycles. The molecule has 3 N–H and O–H groups in total. The van der Waals surface area contributed by atoms with Crippen LogP contribution in [0.4, 0.5) is 47.7 Å². The number of ether oxygens (including phenoxy) is 1. The highest BCUT2D eigenvalue weighted by Crippen LogP contribution is 2.47. The van der Waals surface area contributed by atoms with E-state index in [-0.39, 0.29) is 46.3 Å². The van der Waals surface area contributed by atoms with Crippen molar-refractivity contribution in [3.05, 3.63) is 88.0 Å². The topological polar surface area (TPSA) is 145 Å². The van der Waals surface area contributed by atoms with Gasteiger partial charge >= 0.3 is 0 Å². The van der Waals surface area contributed by atoms with Gasteiger partial charge < -0.3 is 29.7 Å². The van der Waals surface area contributed by atoms with Gasteiger partial charge in [0.25, 0.3) is 0 Å². The van der Waals surface area contributed by atoms with Crippen molar-refractivity contribution < 1.29 is 32.1 Å². The van der Waals surface area contributed by atoms with Crippen molar-refractivity contribution in [2.75, 3.05) is 80.1 Å². The number of aromatic nitrogens is 3. The number of imide groups is 1. The van der Waals surface area contributed by atoms with Crippen LogP contribution < -0.4 is 35.8 Å². The third-order valence-corrected chi connectivity index (χ3v) is 15.0. The first-order valence-corrected chi connectivity index (χ1v) is 24.5. The van der Waals surface area contributed by atoms with E-state index in [1.807, 2.05) is 4.90 Å². The zero-order valence-corrected chi connectivity index (χ0v) is 38.0. The number of pyridine rings is 1. The molecule has 0 radical (unpaired) electrons. The van der Waals surface area contributed by atoms with E-state index in [4.69, 9.17) is 16.3 Å². The number of amides is 2. The van der Waals surface area contributed by atoms with Gasteiger partial charge in [-0.05, 0) is 87.9 Å². The molecule has 0 saturated carbocycles. The number of anilines is 6. The molecule has 4 fully saturated rings. The smallest absolute Gasteiger partial charge is 0.234 e. The van der Waals surface area contributed by atoms with Gasteiger partial charge in [-0.15, -0.1) is 0 Å². The molecular formula is C46H50ClF3N9O4P. The number of methoxy groups -OCH3 is 1. The Hall–Kier alpha value is -5.44. The maximum Gasteiger partial charge on any atom is 0.234 e. The second-order valence-corrected chi connectivity index (χ2v) is 21.5. The highest BCUT2D eigenvalue weighted by Gasteiger charge is 2.53. The lowest BCUT2D eigenvalue weighted by molar-refractivity contribution is -0.134. The number of hydrogen-bond donors (Lipinski definition) is 3. The average Bonchev–Trinajstić information content (AvgIpc) is 3.22. The molecule has 6 heterocycles. The van der Waals surface area contributed by atoms with Crippen molar-refractivity contribution in [1.29, 1.82) is 0 Å². The summed E-state index contributed by atoms with van der Waals surface area (Å²) in [6.07, 6.45) is 4.14. The Morgan fingerprint density at radius 2 is 1.64 bits per heavy atom. The van der Waals surface area contributed by atoms with Crippen LogP contribution in [0.5, 0.6) is 5.75 Å². The van der Waals surface area contributed by atoms with Gasteiger partial charge in [0.15, 0.2) is 5.82 Å². The minimum atomic E-state index is -2.95. The number of halogens is 4. The summed E-state index contributed by atoms with van der Waals surface area (Å²) in [5.41, 5.74) is 4.58. The van der Waals surface area contributed by atoms with E-state index >= 15 is 8.78 Å². The maximum atomic E-state index is 15.3. The second-order valence-electron chi connectivity index (χ2n) is 17.9. The monoisotopic (exact) mass is 915 g/mol. The fraction of sp³-hybridized carbons (Fsp3) is 0.413. The Bertz CT molecular complexity index is 2730. The molecule has 336 valence electrons. The van der Waals surface area contributed by atoms with Crippen molar-refractivity contribution >= 4 is 81.3 Å². The van der Waals surface area contributed by atoms with E-state index in [1.54, 1.807) is 39.5 Å². The molecule has 3 aromatic carbocycles. The molecule has 0 aliphatic carbocycles. The number of carbonyl (C=O) groups excluding carboxylic acids is 2. The summed E-state index contributed by atoms with van der Waals surface area (Å²) in [6, 6.07) is 12.0. The van der Waals surface area contributed by atoms with E-state index in [1.165, 1.54) is 24.4 Å². The summed E-state index contributed by atoms with van der Waals surface area (Å²) < 4.78 is 64.7. The molecule has 64 heavy (non-hydrogen) atoms. The van der Waals surface area contributed by atoms with E-state index in [0.717, 1.165) is 56.7 Å². The quantitative estimate of drug-likeness (QED) is 0.0872. The molecule has 5 aromatic rings. The molecule has 13 nitrogen and oxygen atoms in total. The number of fused-ring (bicyclic) bond motifs is 1. The van der Waals surface area contributed by atoms with Gasteiger partial charge in [0.05, 0.1) is 41.8 Å². The number of nitrogens with one attached hydrogen (secondary N) is 3. The van der Waals surface area contributed by atoms with Crippen molar-refractivity contribution in [2.45, 2.75) is 57.9 Å². The van der Waals surface area contributed by atoms with Crippen molar-refractivity contribution in [3.8, 4) is 5.75 Å². The summed E-state index contributed by atoms with van der Waals surface area (Å²) in [5, 5.41) is 9.86. The van der Waals surface area contributed by atoms with Gasteiger partial charge in [0, 0.05) is 90.8 Å². The third kappa shape index (κ3) is 8.24. The zero-order chi connectivity index (χ0) is 45.2. The molecule has 2 amide bonds. The molecule has 0 bridgehead atoms. The average molecular weight is 916 g/mol. The van der Waals surface area contributed by atoms with Gasteiger partial charge in [-0.1, -0.05) is 18.5 Å². The first-order valence-electron chi connectivity index (χ1n) is 21.5. The number of aryl methyl sites for hydroxylation is 2. The normalized spacial score (nSPS) is 19.1. The molecule has 1 spiro atoms. The number of nitrogens with zero attached hydrogens (tertiary/aromatic N) is 6. The Labute approximate surface area is 374 Å². The Morgan fingerprint density at radius 1 is 0.922 bits per heavy atom. The standard InChI is InChI=1S/C46H50ClF3N9O4P/c1-6-26-15-37(54-45-51-20-31(47)43(56-45)53-36-9-8-35-30(42(36)64(4,5)62)18-32(48)25(2)52-35)39(63-3)19-38(26)59-23-46(24-59)21-58(22-46)27-11-13-57(14-12-27)28-16-33(49)41(34(50)17-28)29-7-10-40(60)55-44(29)61/h8-9,15-20,27,29H,6-7,10-14,21-24H2,1-5H3,(H,55,60,61)(H2,51,53,54,56)/t29-/m1/s1. The summed E-state index contributed by atoms with van der Waals surface area (Å²) >= 11 is 6.60. The van der Waals surface area contributed by atoms with Gasteiger partial charge in [0.2, 0.25) is 17.8 Å². The summed E-state index contributed by atoms with van der Waals surface area (Å²) in [6.45, 7) is 12.1. The fourth-order valence-corrected chi connectivity index (χ4v) is 11.6. The van der Waals surface area contributed by atoms with Gasteiger partial charge in [-0.3, -0.25) is 24.8 Å². The summed E-state index contributed by atoms with van der Waals surface area (Å²) in [4.78, 5) is 44.3. The number of piperidine rings is 2. The highest BCUT2D eigenvalue weighted by atomic mass is 35.5. The van der Waals surface area contributed by atoms with E-state index in [9.17, 15) is 18.5 Å². The van der Waals surface area contributed by atoms with Gasteiger partial charge in [0.1, 0.15) is 35.4 Å². The zero-order valence-electron chi connectivity index (χ0n) is 36.3. The lowest BCUT2D eigenvalue weighted by Crippen LogP contribution is -2.74. The summed E-state index contributed by atoms with van der Waals surface area (Å²) in [7, 11) is -1.33. The highest BCUT2D eigenvalue weighted by molar-refractivity contribution is 7.71. The molecule has 1 atom stereocenters. The summed E-state index contributed by atoms with van der Waals surface area (Å²) in [5.74, 6) is -2.95. The first-order chi connectivity index (χ1) is 30.5. The molecule has 4 aliphatic heterocycles. The predicted molar refractivity (Wildman–Crippen MR) is 244 cm³/mol. The van der Waals surface area contributed by atoms with Crippen LogP contribution >= 0.6 is 18.7 Å². The number of rotatable bonds is 11. The largest absolute Gasteiger partial charge is 0.494 e. The van der Waals surface area contributed by atoms with Crippen LogP contribution in [-0.4, -0.2) is 97.4 Å². The van der Waals surface area contributed by atoms with Crippen LogP contribution in [0.1, 0.15) is 55.3 Å². The Balaban J connectivity index is 0.830. The maximum absolute atomic E-state index is 15.3. The third-order valence-electron chi connectivity index (χ3n) is 13.1. The molecule has 0 unspecified atom stereocenters. The Kier molecular flexibility index (Phi) is 11.5. The van der Waals surface area contributed by atoms with E-state index in [0.29, 0.717) is 58.2 Å². The van der Waals surface area contributed by atoms with Crippen LogP contribution in [0, 0.1) is 29.8 Å². The molecule has 9 rings (SSSR count). The predicted octanol–water partition coefficient (Wildman–Crippen LogP) is 8.02.